The smallest absolute Gasteiger partial charge is 0.369 e. The van der Waals surface area contributed by atoms with Crippen LogP contribution in [0.25, 0.3) is 22.3 Å². The molecule has 43 heavy (non-hydrogen) atoms. The van der Waals surface area contributed by atoms with Gasteiger partial charge in [0.1, 0.15) is 36.0 Å². The SMILES string of the molecule is Nc1nc2c(ncn2[C@@H]2O[C@@H]3COP(=O)(S)OCCn4c(nc5cnc(C6CC6)nc54)COP(=O)(S)O[C@@H]2[C@@H]3F)c(=O)[nH]1. The number of hydrogen-bond donors (Lipinski definition) is 4. The van der Waals surface area contributed by atoms with Crippen molar-refractivity contribution in [2.24, 2.45) is 0 Å². The van der Waals surface area contributed by atoms with Crippen molar-refractivity contribution in [3.63, 3.8) is 0 Å². The van der Waals surface area contributed by atoms with E-state index in [0.717, 1.165) is 19.2 Å². The van der Waals surface area contributed by atoms with Crippen LogP contribution >= 0.6 is 38.1 Å². The van der Waals surface area contributed by atoms with Crippen LogP contribution in [-0.4, -0.2) is 70.6 Å². The summed E-state index contributed by atoms with van der Waals surface area (Å²) in [6.07, 6.45) is -1.78. The van der Waals surface area contributed by atoms with Crippen LogP contribution in [0, 0.1) is 0 Å². The van der Waals surface area contributed by atoms with Crippen LogP contribution < -0.4 is 11.3 Å². The molecule has 1 aliphatic carbocycles. The third-order valence-electron chi connectivity index (χ3n) is 7.10. The van der Waals surface area contributed by atoms with Crippen molar-refractivity contribution < 1.29 is 36.4 Å². The molecular weight excluding hydrogens is 651 g/mol. The average Bonchev–Trinajstić information content (AvgIpc) is 3.53. The number of H-pyrrole nitrogens is 1. The molecule has 0 spiro atoms. The molecule has 22 heteroatoms. The van der Waals surface area contributed by atoms with Gasteiger partial charge < -0.3 is 15.0 Å². The Labute approximate surface area is 251 Å². The molecule has 1 saturated heterocycles. The van der Waals surface area contributed by atoms with E-state index < -0.39 is 50.4 Å². The molecular formula is C21H24FN9O8P2S2. The van der Waals surface area contributed by atoms with Crippen LogP contribution in [0.5, 0.6) is 0 Å². The van der Waals surface area contributed by atoms with Gasteiger partial charge in [-0.05, 0) is 12.8 Å². The van der Waals surface area contributed by atoms with E-state index in [0.29, 0.717) is 17.0 Å². The Morgan fingerprint density at radius 3 is 2.67 bits per heavy atom. The molecule has 3 N–H and O–H groups in total. The Kier molecular flexibility index (Phi) is 7.42. The molecule has 2 bridgehead atoms. The highest BCUT2D eigenvalue weighted by atomic mass is 32.7. The standard InChI is InChI=1S/C21H24FN9O8P2S2/c22-13-11-6-36-40(33,42)35-4-3-30-12(26-10-5-24-16(9-1-2-9)27-17(10)30)7-37-41(34,43)39-15(13)20(38-11)31-8-25-14-18(31)28-21(23)29-19(14)32/h5,8-9,11,13,15,20H,1-4,6-7H2,(H,33,42)(H,34,43)(H3,23,28,29,32)/t11-,13-,15-,20-,40?,41?/m1/s1. The van der Waals surface area contributed by atoms with Crippen LogP contribution in [0.3, 0.4) is 0 Å². The maximum absolute atomic E-state index is 15.9. The number of nitrogens with one attached hydrogen (secondary N) is 1. The Balaban J connectivity index is 1.25. The van der Waals surface area contributed by atoms with E-state index in [9.17, 15) is 13.9 Å². The third kappa shape index (κ3) is 5.76. The van der Waals surface area contributed by atoms with Crippen molar-refractivity contribution in [2.75, 3.05) is 18.9 Å². The largest absolute Gasteiger partial charge is 0.387 e. The van der Waals surface area contributed by atoms with Gasteiger partial charge >= 0.3 is 13.6 Å². The summed E-state index contributed by atoms with van der Waals surface area (Å²) in [5.74, 6) is 0.964. The highest BCUT2D eigenvalue weighted by Gasteiger charge is 2.51. The van der Waals surface area contributed by atoms with Crippen molar-refractivity contribution in [3.05, 3.63) is 34.5 Å². The second-order valence-electron chi connectivity index (χ2n) is 10.1. The summed E-state index contributed by atoms with van der Waals surface area (Å²) in [5.41, 5.74) is 5.80. The lowest BCUT2D eigenvalue weighted by atomic mass is 10.1. The van der Waals surface area contributed by atoms with Crippen LogP contribution in [-0.2, 0) is 45.1 Å². The van der Waals surface area contributed by atoms with E-state index >= 15 is 4.39 Å². The molecule has 4 aromatic rings. The first-order chi connectivity index (χ1) is 20.5. The van der Waals surface area contributed by atoms with Gasteiger partial charge in [-0.2, -0.15) is 4.98 Å². The molecule has 1 saturated carbocycles. The number of halogens is 1. The number of anilines is 1. The molecule has 0 aromatic carbocycles. The zero-order valence-electron chi connectivity index (χ0n) is 21.9. The van der Waals surface area contributed by atoms with Gasteiger partial charge in [0.05, 0.1) is 25.7 Å². The fourth-order valence-corrected chi connectivity index (χ4v) is 7.47. The summed E-state index contributed by atoms with van der Waals surface area (Å²) in [7, 11) is 0. The summed E-state index contributed by atoms with van der Waals surface area (Å²) >= 11 is 8.12. The summed E-state index contributed by atoms with van der Waals surface area (Å²) in [4.78, 5) is 36.2. The number of hydrogen-bond acceptors (Lipinski definition) is 14. The number of ether oxygens (including phenoxy) is 1. The lowest BCUT2D eigenvalue weighted by molar-refractivity contribution is -0.0444. The molecule has 17 nitrogen and oxygen atoms in total. The van der Waals surface area contributed by atoms with Crippen molar-refractivity contribution >= 4 is 66.4 Å². The molecule has 4 aromatic heterocycles. The van der Waals surface area contributed by atoms with E-state index in [-0.39, 0.29) is 48.6 Å². The van der Waals surface area contributed by atoms with Gasteiger partial charge in [0, 0.05) is 12.5 Å². The lowest BCUT2D eigenvalue weighted by Crippen LogP contribution is -2.31. The number of rotatable bonds is 2. The van der Waals surface area contributed by atoms with E-state index in [1.807, 2.05) is 0 Å². The molecule has 3 aliphatic rings. The minimum atomic E-state index is -4.32. The summed E-state index contributed by atoms with van der Waals surface area (Å²) in [5, 5.41) is 0. The van der Waals surface area contributed by atoms with Gasteiger partial charge in [-0.15, -0.1) is 0 Å². The van der Waals surface area contributed by atoms with E-state index in [4.69, 9.17) is 28.6 Å². The number of thiol groups is 2. The maximum atomic E-state index is 15.9. The Bertz CT molecular complexity index is 1890. The monoisotopic (exact) mass is 675 g/mol. The quantitative estimate of drug-likeness (QED) is 0.178. The molecule has 0 radical (unpaired) electrons. The molecule has 2 aliphatic heterocycles. The van der Waals surface area contributed by atoms with Gasteiger partial charge in [-0.25, -0.2) is 33.5 Å². The number of aromatic nitrogens is 8. The first-order valence-electron chi connectivity index (χ1n) is 13.0. The summed E-state index contributed by atoms with van der Waals surface area (Å²) < 4.78 is 73.1. The van der Waals surface area contributed by atoms with E-state index in [2.05, 4.69) is 54.4 Å². The molecule has 2 unspecified atom stereocenters. The number of nitrogen functional groups attached to an aromatic ring is 1. The fourth-order valence-electron chi connectivity index (χ4n) is 4.93. The number of aromatic amines is 1. The van der Waals surface area contributed by atoms with Crippen molar-refractivity contribution in [1.82, 2.24) is 39.0 Å². The number of nitrogens with zero attached hydrogens (tertiary/aromatic N) is 7. The van der Waals surface area contributed by atoms with Crippen LogP contribution in [0.4, 0.5) is 10.3 Å². The van der Waals surface area contributed by atoms with Gasteiger partial charge in [-0.1, -0.05) is 24.5 Å². The summed E-state index contributed by atoms with van der Waals surface area (Å²) in [6, 6.07) is 0. The maximum Gasteiger partial charge on any atom is 0.387 e. The second kappa shape index (κ2) is 10.9. The molecule has 230 valence electrons. The summed E-state index contributed by atoms with van der Waals surface area (Å²) in [6.45, 7) is -9.36. The van der Waals surface area contributed by atoms with Gasteiger partial charge in [0.15, 0.2) is 29.2 Å². The normalized spacial score (nSPS) is 32.4. The minimum absolute atomic E-state index is 0.0541. The Morgan fingerprint density at radius 1 is 1.07 bits per heavy atom. The molecule has 7 rings (SSSR count). The lowest BCUT2D eigenvalue weighted by Gasteiger charge is -2.24. The fraction of sp³-hybridized carbons (Fsp3) is 0.524. The number of imidazole rings is 2. The first-order valence-corrected chi connectivity index (χ1v) is 18.4. The highest BCUT2D eigenvalue weighted by Crippen LogP contribution is 2.58. The predicted molar refractivity (Wildman–Crippen MR) is 153 cm³/mol. The van der Waals surface area contributed by atoms with Crippen LogP contribution in [0.1, 0.15) is 36.6 Å². The van der Waals surface area contributed by atoms with Gasteiger partial charge in [-0.3, -0.25) is 32.4 Å². The Morgan fingerprint density at radius 2 is 1.88 bits per heavy atom. The number of fused-ring (bicyclic) bond motifs is 6. The average molecular weight is 676 g/mol. The predicted octanol–water partition coefficient (Wildman–Crippen LogP) is 2.68. The molecule has 0 amide bonds. The van der Waals surface area contributed by atoms with Gasteiger partial charge in [0.25, 0.3) is 5.56 Å². The number of nitrogens with two attached hydrogens (primary N) is 1. The van der Waals surface area contributed by atoms with Crippen molar-refractivity contribution in [3.8, 4) is 0 Å². The first kappa shape index (κ1) is 29.3. The van der Waals surface area contributed by atoms with Crippen LogP contribution in [0.15, 0.2) is 17.3 Å². The second-order valence-corrected chi connectivity index (χ2v) is 15.9. The topological polar surface area (TPSA) is 213 Å². The molecule has 6 atom stereocenters. The zero-order valence-corrected chi connectivity index (χ0v) is 25.5. The zero-order chi connectivity index (χ0) is 30.1. The van der Waals surface area contributed by atoms with Crippen molar-refractivity contribution in [1.29, 1.82) is 0 Å². The minimum Gasteiger partial charge on any atom is -0.369 e. The number of alkyl halides is 1. The molecule has 6 heterocycles. The van der Waals surface area contributed by atoms with Crippen LogP contribution in [0.2, 0.25) is 0 Å². The van der Waals surface area contributed by atoms with E-state index in [1.165, 1.54) is 4.57 Å². The third-order valence-corrected chi connectivity index (χ3v) is 10.4. The molecule has 2 fully saturated rings. The van der Waals surface area contributed by atoms with E-state index in [1.54, 1.807) is 10.8 Å². The highest BCUT2D eigenvalue weighted by molar-refractivity contribution is 8.44. The van der Waals surface area contributed by atoms with Gasteiger partial charge in [0.2, 0.25) is 5.95 Å². The van der Waals surface area contributed by atoms with Crippen molar-refractivity contribution in [2.45, 2.75) is 56.5 Å². The Hall–Kier alpha value is -2.41.